The second-order valence-electron chi connectivity index (χ2n) is 15.7. The smallest absolute Gasteiger partial charge is 0.268 e. The Balaban J connectivity index is 4.56. The highest BCUT2D eigenvalue weighted by molar-refractivity contribution is 7.45. The van der Waals surface area contributed by atoms with Gasteiger partial charge in [-0.25, -0.2) is 0 Å². The molecule has 0 rings (SSSR count). The number of hydrogen-bond acceptors (Lipinski definition) is 6. The molecule has 9 heteroatoms. The topological polar surface area (TPSA) is 108 Å². The van der Waals surface area contributed by atoms with Gasteiger partial charge in [0.25, 0.3) is 7.82 Å². The first kappa shape index (κ1) is 51.5. The van der Waals surface area contributed by atoms with Crippen LogP contribution in [0.4, 0.5) is 0 Å². The highest BCUT2D eigenvalue weighted by Gasteiger charge is 2.23. The molecule has 0 spiro atoms. The van der Waals surface area contributed by atoms with E-state index >= 15 is 0 Å². The summed E-state index contributed by atoms with van der Waals surface area (Å²) in [6.45, 7) is 4.57. The van der Waals surface area contributed by atoms with Gasteiger partial charge in [0.1, 0.15) is 13.2 Å². The van der Waals surface area contributed by atoms with Gasteiger partial charge in [-0.05, 0) is 70.6 Å². The monoisotopic (exact) mass is 767 g/mol. The van der Waals surface area contributed by atoms with Gasteiger partial charge in [0, 0.05) is 6.42 Å². The van der Waals surface area contributed by atoms with Gasteiger partial charge in [-0.2, -0.15) is 0 Å². The van der Waals surface area contributed by atoms with E-state index in [0.717, 1.165) is 64.2 Å². The van der Waals surface area contributed by atoms with Gasteiger partial charge in [0.15, 0.2) is 0 Å². The predicted octanol–water partition coefficient (Wildman–Crippen LogP) is 11.1. The van der Waals surface area contributed by atoms with Gasteiger partial charge in [0.2, 0.25) is 5.91 Å². The van der Waals surface area contributed by atoms with E-state index in [-0.39, 0.29) is 12.5 Å². The van der Waals surface area contributed by atoms with Gasteiger partial charge in [0.05, 0.1) is 39.9 Å². The number of unbranched alkanes of at least 4 members (excludes halogenated alkanes) is 19. The number of rotatable bonds is 38. The molecule has 0 aromatic carbocycles. The first-order chi connectivity index (χ1) is 25.5. The molecule has 1 amide bonds. The van der Waals surface area contributed by atoms with E-state index in [1.54, 1.807) is 6.08 Å². The van der Waals surface area contributed by atoms with Crippen molar-refractivity contribution in [2.75, 3.05) is 40.9 Å². The van der Waals surface area contributed by atoms with E-state index in [4.69, 9.17) is 9.05 Å². The van der Waals surface area contributed by atoms with Crippen molar-refractivity contribution in [2.24, 2.45) is 0 Å². The number of quaternary nitrogens is 1. The van der Waals surface area contributed by atoms with Crippen molar-refractivity contribution in [3.63, 3.8) is 0 Å². The number of aliphatic hydroxyl groups excluding tert-OH is 1. The molecular formula is C44H83N2O6P. The summed E-state index contributed by atoms with van der Waals surface area (Å²) in [4.78, 5) is 25.2. The molecule has 0 aliphatic heterocycles. The number of hydrogen-bond donors (Lipinski definition) is 2. The van der Waals surface area contributed by atoms with Gasteiger partial charge in [-0.15, -0.1) is 0 Å². The third kappa shape index (κ3) is 38.5. The van der Waals surface area contributed by atoms with Crippen LogP contribution >= 0.6 is 7.82 Å². The second kappa shape index (κ2) is 36.1. The maximum absolute atomic E-state index is 12.8. The van der Waals surface area contributed by atoms with Gasteiger partial charge < -0.3 is 28.8 Å². The fourth-order valence-corrected chi connectivity index (χ4v) is 6.49. The molecule has 0 aliphatic rings. The molecular weight excluding hydrogens is 683 g/mol. The van der Waals surface area contributed by atoms with Crippen LogP contribution in [0.2, 0.25) is 0 Å². The zero-order chi connectivity index (χ0) is 39.3. The van der Waals surface area contributed by atoms with Gasteiger partial charge in [-0.3, -0.25) is 9.36 Å². The minimum Gasteiger partial charge on any atom is -0.756 e. The average Bonchev–Trinajstić information content (AvgIpc) is 3.10. The summed E-state index contributed by atoms with van der Waals surface area (Å²) >= 11 is 0. The number of likely N-dealkylation sites (N-methyl/N-ethyl adjacent to an activating group) is 1. The molecule has 0 saturated heterocycles. The van der Waals surface area contributed by atoms with E-state index in [9.17, 15) is 19.4 Å². The maximum atomic E-state index is 12.8. The molecule has 3 atom stereocenters. The molecule has 0 saturated carbocycles. The van der Waals surface area contributed by atoms with Crippen LogP contribution in [-0.2, 0) is 18.4 Å². The van der Waals surface area contributed by atoms with Gasteiger partial charge >= 0.3 is 0 Å². The van der Waals surface area contributed by atoms with Crippen molar-refractivity contribution in [3.05, 3.63) is 48.6 Å². The number of nitrogens with zero attached hydrogens (tertiary/aromatic N) is 1. The molecule has 0 radical (unpaired) electrons. The zero-order valence-corrected chi connectivity index (χ0v) is 35.8. The van der Waals surface area contributed by atoms with Crippen molar-refractivity contribution in [1.82, 2.24) is 5.32 Å². The summed E-state index contributed by atoms with van der Waals surface area (Å²) in [5.74, 6) is -0.224. The normalized spacial score (nSPS) is 14.9. The Hall–Kier alpha value is -1.54. The fraction of sp³-hybridized carbons (Fsp3) is 0.795. The number of phosphoric ester groups is 1. The minimum absolute atomic E-state index is 0.0117. The first-order valence-electron chi connectivity index (χ1n) is 21.5. The van der Waals surface area contributed by atoms with Crippen molar-refractivity contribution in [2.45, 2.75) is 187 Å². The van der Waals surface area contributed by atoms with Gasteiger partial charge in [-0.1, -0.05) is 146 Å². The average molecular weight is 767 g/mol. The summed E-state index contributed by atoms with van der Waals surface area (Å²) in [6, 6.07) is -0.912. The summed E-state index contributed by atoms with van der Waals surface area (Å²) in [5, 5.41) is 13.7. The largest absolute Gasteiger partial charge is 0.756 e. The van der Waals surface area contributed by atoms with Crippen LogP contribution in [0, 0.1) is 0 Å². The van der Waals surface area contributed by atoms with Crippen molar-refractivity contribution in [3.8, 4) is 0 Å². The molecule has 3 unspecified atom stereocenters. The standard InChI is InChI=1S/C44H83N2O6P/c1-6-8-10-12-14-16-18-20-21-22-23-24-26-27-29-31-33-35-37-43(47)42(41-52-53(49,50)51-40-39-46(3,4)5)45-44(48)38-36-34-32-30-28-25-19-17-15-13-11-9-7-2/h17,19,22-23,27,29,35,37,42-43,47H,6-16,18,20-21,24-26,28,30-34,36,38-41H2,1-5H3,(H-,45,48,49,50)/b19-17-,23-22+,29-27+,37-35+. The molecule has 0 aromatic heterocycles. The first-order valence-corrected chi connectivity index (χ1v) is 23.0. The van der Waals surface area contributed by atoms with Crippen LogP contribution in [-0.4, -0.2) is 68.5 Å². The Kier molecular flexibility index (Phi) is 35.1. The third-order valence-corrected chi connectivity index (χ3v) is 10.2. The molecule has 0 aliphatic carbocycles. The van der Waals surface area contributed by atoms with Crippen LogP contribution < -0.4 is 10.2 Å². The van der Waals surface area contributed by atoms with Crippen LogP contribution in [0.3, 0.4) is 0 Å². The van der Waals surface area contributed by atoms with Crippen LogP contribution in [0.5, 0.6) is 0 Å². The molecule has 0 heterocycles. The van der Waals surface area contributed by atoms with Crippen LogP contribution in [0.1, 0.15) is 174 Å². The second-order valence-corrected chi connectivity index (χ2v) is 17.1. The van der Waals surface area contributed by atoms with Crippen molar-refractivity contribution in [1.29, 1.82) is 0 Å². The Morgan fingerprint density at radius 1 is 0.642 bits per heavy atom. The lowest BCUT2D eigenvalue weighted by Crippen LogP contribution is -2.45. The molecule has 8 nitrogen and oxygen atoms in total. The highest BCUT2D eigenvalue weighted by Crippen LogP contribution is 2.38. The van der Waals surface area contributed by atoms with E-state index < -0.39 is 26.6 Å². The molecule has 2 N–H and O–H groups in total. The highest BCUT2D eigenvalue weighted by atomic mass is 31.2. The SMILES string of the molecule is CCCCCC/C=C\CCCCCCCC(=O)NC(COP(=O)([O-])OCC[N+](C)(C)C)C(O)/C=C/CC/C=C/CC/C=C/CCCCCCCCCC. The Labute approximate surface area is 327 Å². The number of allylic oxidation sites excluding steroid dienone is 7. The number of carbonyl (C=O) groups is 1. The molecule has 0 bridgehead atoms. The van der Waals surface area contributed by atoms with E-state index in [1.807, 2.05) is 27.2 Å². The van der Waals surface area contributed by atoms with E-state index in [2.05, 4.69) is 55.6 Å². The lowest BCUT2D eigenvalue weighted by atomic mass is 10.1. The lowest BCUT2D eigenvalue weighted by molar-refractivity contribution is -0.870. The number of nitrogens with one attached hydrogen (secondary N) is 1. The fourth-order valence-electron chi connectivity index (χ4n) is 5.76. The molecule has 0 fully saturated rings. The lowest BCUT2D eigenvalue weighted by Gasteiger charge is -2.29. The van der Waals surface area contributed by atoms with Crippen LogP contribution in [0.25, 0.3) is 0 Å². The number of amides is 1. The Morgan fingerprint density at radius 2 is 1.06 bits per heavy atom. The number of carbonyl (C=O) groups excluding carboxylic acids is 1. The van der Waals surface area contributed by atoms with Crippen molar-refractivity contribution >= 4 is 13.7 Å². The van der Waals surface area contributed by atoms with Crippen molar-refractivity contribution < 1.29 is 32.9 Å². The molecule has 53 heavy (non-hydrogen) atoms. The summed E-state index contributed by atoms with van der Waals surface area (Å²) in [6.07, 6.45) is 44.4. The molecule has 0 aromatic rings. The quantitative estimate of drug-likeness (QED) is 0.0280. The van der Waals surface area contributed by atoms with E-state index in [0.29, 0.717) is 17.4 Å². The Bertz CT molecular complexity index is 1010. The summed E-state index contributed by atoms with van der Waals surface area (Å²) in [5.41, 5.74) is 0. The molecule has 310 valence electrons. The zero-order valence-electron chi connectivity index (χ0n) is 35.0. The number of phosphoric acid groups is 1. The third-order valence-electron chi connectivity index (χ3n) is 9.24. The van der Waals surface area contributed by atoms with Crippen LogP contribution in [0.15, 0.2) is 48.6 Å². The maximum Gasteiger partial charge on any atom is 0.268 e. The Morgan fingerprint density at radius 3 is 1.55 bits per heavy atom. The van der Waals surface area contributed by atoms with E-state index in [1.165, 1.54) is 89.9 Å². The summed E-state index contributed by atoms with van der Waals surface area (Å²) < 4.78 is 23.1. The minimum atomic E-state index is -4.60. The summed E-state index contributed by atoms with van der Waals surface area (Å²) in [7, 11) is 1.22. The number of aliphatic hydroxyl groups is 1. The predicted molar refractivity (Wildman–Crippen MR) is 224 cm³/mol.